The van der Waals surface area contributed by atoms with Gasteiger partial charge in [-0.1, -0.05) is 18.2 Å². The first-order valence-electron chi connectivity index (χ1n) is 5.86. The molecule has 1 atom stereocenters. The van der Waals surface area contributed by atoms with Crippen molar-refractivity contribution >= 4 is 21.4 Å². The minimum absolute atomic E-state index is 0.489. The zero-order valence-electron chi connectivity index (χ0n) is 10.1. The molecule has 2 aromatic heterocycles. The molecule has 0 aliphatic carbocycles. The van der Waals surface area contributed by atoms with Crippen molar-refractivity contribution in [2.75, 3.05) is 0 Å². The van der Waals surface area contributed by atoms with E-state index in [1.807, 2.05) is 25.4 Å². The SMILES string of the molecule is Cn1cc(C(O)Cc2csc3ccccc23)cn1. The van der Waals surface area contributed by atoms with Crippen LogP contribution in [0.25, 0.3) is 10.1 Å². The molecule has 0 aliphatic heterocycles. The highest BCUT2D eigenvalue weighted by Gasteiger charge is 2.13. The molecule has 0 fully saturated rings. The number of aromatic nitrogens is 2. The fourth-order valence-corrected chi connectivity index (χ4v) is 3.10. The summed E-state index contributed by atoms with van der Waals surface area (Å²) in [6, 6.07) is 8.30. The standard InChI is InChI=1S/C14H14N2OS/c1-16-8-11(7-15-16)13(17)6-10-9-18-14-5-3-2-4-12(10)14/h2-5,7-9,13,17H,6H2,1H3. The van der Waals surface area contributed by atoms with Crippen LogP contribution in [0.1, 0.15) is 17.2 Å². The van der Waals surface area contributed by atoms with Gasteiger partial charge < -0.3 is 5.11 Å². The number of rotatable bonds is 3. The molecule has 1 aromatic carbocycles. The van der Waals surface area contributed by atoms with Crippen LogP contribution < -0.4 is 0 Å². The lowest BCUT2D eigenvalue weighted by atomic mass is 10.0. The number of hydrogen-bond acceptors (Lipinski definition) is 3. The van der Waals surface area contributed by atoms with E-state index in [2.05, 4.69) is 22.6 Å². The van der Waals surface area contributed by atoms with Crippen molar-refractivity contribution in [3.05, 3.63) is 53.2 Å². The van der Waals surface area contributed by atoms with Gasteiger partial charge in [-0.3, -0.25) is 4.68 Å². The zero-order chi connectivity index (χ0) is 12.5. The number of benzene rings is 1. The zero-order valence-corrected chi connectivity index (χ0v) is 10.9. The molecule has 0 amide bonds. The molecule has 4 heteroatoms. The fourth-order valence-electron chi connectivity index (χ4n) is 2.13. The van der Waals surface area contributed by atoms with Gasteiger partial charge in [0.05, 0.1) is 12.3 Å². The molecule has 0 radical (unpaired) electrons. The predicted octanol–water partition coefficient (Wildman–Crippen LogP) is 2.91. The normalized spacial score (nSPS) is 13.0. The van der Waals surface area contributed by atoms with Gasteiger partial charge in [-0.2, -0.15) is 5.10 Å². The van der Waals surface area contributed by atoms with Crippen LogP contribution in [0.15, 0.2) is 42.0 Å². The van der Waals surface area contributed by atoms with Gasteiger partial charge in [-0.15, -0.1) is 11.3 Å². The molecule has 0 aliphatic rings. The molecule has 1 N–H and O–H groups in total. The van der Waals surface area contributed by atoms with Gasteiger partial charge in [-0.25, -0.2) is 0 Å². The Hall–Kier alpha value is -1.65. The van der Waals surface area contributed by atoms with Crippen LogP contribution in [0.2, 0.25) is 0 Å². The van der Waals surface area contributed by atoms with Crippen LogP contribution >= 0.6 is 11.3 Å². The third-order valence-electron chi connectivity index (χ3n) is 3.08. The number of fused-ring (bicyclic) bond motifs is 1. The molecule has 3 aromatic rings. The molecule has 18 heavy (non-hydrogen) atoms. The second-order valence-electron chi connectivity index (χ2n) is 4.42. The Morgan fingerprint density at radius 2 is 2.22 bits per heavy atom. The summed E-state index contributed by atoms with van der Waals surface area (Å²) in [5.74, 6) is 0. The Morgan fingerprint density at radius 1 is 1.39 bits per heavy atom. The lowest BCUT2D eigenvalue weighted by Gasteiger charge is -2.07. The summed E-state index contributed by atoms with van der Waals surface area (Å²) in [6.45, 7) is 0. The third kappa shape index (κ3) is 2.05. The topological polar surface area (TPSA) is 38.0 Å². The fraction of sp³-hybridized carbons (Fsp3) is 0.214. The smallest absolute Gasteiger partial charge is 0.0861 e. The summed E-state index contributed by atoms with van der Waals surface area (Å²) in [6.07, 6.45) is 3.73. The predicted molar refractivity (Wildman–Crippen MR) is 73.7 cm³/mol. The van der Waals surface area contributed by atoms with Crippen molar-refractivity contribution in [1.82, 2.24) is 9.78 Å². The van der Waals surface area contributed by atoms with Crippen LogP contribution in [0.4, 0.5) is 0 Å². The molecule has 92 valence electrons. The van der Waals surface area contributed by atoms with Crippen molar-refractivity contribution in [1.29, 1.82) is 0 Å². The van der Waals surface area contributed by atoms with Gasteiger partial charge in [-0.05, 0) is 22.4 Å². The maximum Gasteiger partial charge on any atom is 0.0861 e. The minimum Gasteiger partial charge on any atom is -0.388 e. The van der Waals surface area contributed by atoms with Gasteiger partial charge in [0.2, 0.25) is 0 Å². The number of thiophene rings is 1. The maximum atomic E-state index is 10.2. The van der Waals surface area contributed by atoms with Gasteiger partial charge in [0, 0.05) is 29.9 Å². The molecule has 3 rings (SSSR count). The Kier molecular flexibility index (Phi) is 2.89. The summed E-state index contributed by atoms with van der Waals surface area (Å²) in [5, 5.41) is 17.7. The first kappa shape index (κ1) is 11.4. The van der Waals surface area contributed by atoms with Crippen LogP contribution in [-0.4, -0.2) is 14.9 Å². The van der Waals surface area contributed by atoms with Gasteiger partial charge in [0.1, 0.15) is 0 Å². The average molecular weight is 258 g/mol. The van der Waals surface area contributed by atoms with E-state index in [4.69, 9.17) is 0 Å². The Bertz CT molecular complexity index is 671. The van der Waals surface area contributed by atoms with E-state index in [-0.39, 0.29) is 0 Å². The molecule has 3 nitrogen and oxygen atoms in total. The molecule has 0 saturated carbocycles. The van der Waals surface area contributed by atoms with Crippen molar-refractivity contribution in [3.63, 3.8) is 0 Å². The summed E-state index contributed by atoms with van der Waals surface area (Å²) in [7, 11) is 1.86. The van der Waals surface area contributed by atoms with E-state index in [1.54, 1.807) is 22.2 Å². The number of aliphatic hydroxyl groups excluding tert-OH is 1. The Morgan fingerprint density at radius 3 is 3.00 bits per heavy atom. The second kappa shape index (κ2) is 4.55. The first-order chi connectivity index (χ1) is 8.74. The molecule has 0 saturated heterocycles. The summed E-state index contributed by atoms with van der Waals surface area (Å²) in [5.41, 5.74) is 2.07. The number of nitrogens with zero attached hydrogens (tertiary/aromatic N) is 2. The van der Waals surface area contributed by atoms with Gasteiger partial charge >= 0.3 is 0 Å². The average Bonchev–Trinajstić information content (AvgIpc) is 2.97. The maximum absolute atomic E-state index is 10.2. The highest BCUT2D eigenvalue weighted by Crippen LogP contribution is 2.29. The molecule has 1 unspecified atom stereocenters. The number of aryl methyl sites for hydroxylation is 1. The van der Waals surface area contributed by atoms with Crippen molar-refractivity contribution < 1.29 is 5.11 Å². The molecular formula is C14H14N2OS. The number of hydrogen-bond donors (Lipinski definition) is 1. The molecule has 2 heterocycles. The summed E-state index contributed by atoms with van der Waals surface area (Å²) < 4.78 is 2.98. The van der Waals surface area contributed by atoms with Gasteiger partial charge in [0.15, 0.2) is 0 Å². The van der Waals surface area contributed by atoms with E-state index in [1.165, 1.54) is 15.6 Å². The lowest BCUT2D eigenvalue weighted by molar-refractivity contribution is 0.179. The van der Waals surface area contributed by atoms with Crippen molar-refractivity contribution in [3.8, 4) is 0 Å². The summed E-state index contributed by atoms with van der Waals surface area (Å²) >= 11 is 1.72. The summed E-state index contributed by atoms with van der Waals surface area (Å²) in [4.78, 5) is 0. The van der Waals surface area contributed by atoms with Crippen LogP contribution in [0.5, 0.6) is 0 Å². The third-order valence-corrected chi connectivity index (χ3v) is 4.10. The van der Waals surface area contributed by atoms with Gasteiger partial charge in [0.25, 0.3) is 0 Å². The van der Waals surface area contributed by atoms with Crippen LogP contribution in [0.3, 0.4) is 0 Å². The first-order valence-corrected chi connectivity index (χ1v) is 6.74. The van der Waals surface area contributed by atoms with Crippen LogP contribution in [-0.2, 0) is 13.5 Å². The lowest BCUT2D eigenvalue weighted by Crippen LogP contribution is -2.00. The van der Waals surface area contributed by atoms with Crippen LogP contribution in [0, 0.1) is 0 Å². The Balaban J connectivity index is 1.88. The van der Waals surface area contributed by atoms with Crippen molar-refractivity contribution in [2.24, 2.45) is 7.05 Å². The van der Waals surface area contributed by atoms with Crippen molar-refractivity contribution in [2.45, 2.75) is 12.5 Å². The van der Waals surface area contributed by atoms with E-state index in [9.17, 15) is 5.11 Å². The van der Waals surface area contributed by atoms with E-state index in [0.29, 0.717) is 6.42 Å². The quantitative estimate of drug-likeness (QED) is 0.784. The number of aliphatic hydroxyl groups is 1. The van der Waals surface area contributed by atoms with E-state index >= 15 is 0 Å². The highest BCUT2D eigenvalue weighted by atomic mass is 32.1. The second-order valence-corrected chi connectivity index (χ2v) is 5.34. The monoisotopic (exact) mass is 258 g/mol. The minimum atomic E-state index is -0.489. The largest absolute Gasteiger partial charge is 0.388 e. The van der Waals surface area contributed by atoms with E-state index < -0.39 is 6.10 Å². The molecule has 0 bridgehead atoms. The Labute approximate surface area is 109 Å². The molecular weight excluding hydrogens is 244 g/mol. The van der Waals surface area contributed by atoms with E-state index in [0.717, 1.165) is 5.56 Å². The highest BCUT2D eigenvalue weighted by molar-refractivity contribution is 7.17. The molecule has 0 spiro atoms.